The summed E-state index contributed by atoms with van der Waals surface area (Å²) < 4.78 is 5.83. The molecule has 2 fully saturated rings. The van der Waals surface area contributed by atoms with Crippen LogP contribution in [0.1, 0.15) is 34.6 Å². The van der Waals surface area contributed by atoms with Crippen molar-refractivity contribution >= 4 is 11.6 Å². The SMILES string of the molecule is N#CCNC(=O)c1ccc(-c2ccnc(Cc3ccc(N4CC[C@]5(CCO5)C4)cc3)n2)cc1. The first kappa shape index (κ1) is 21.1. The Kier molecular flexibility index (Phi) is 5.76. The third kappa shape index (κ3) is 4.57. The molecular formula is C26H25N5O2. The van der Waals surface area contributed by atoms with Crippen LogP contribution in [0.5, 0.6) is 0 Å². The van der Waals surface area contributed by atoms with Crippen molar-refractivity contribution in [2.24, 2.45) is 0 Å². The Balaban J connectivity index is 1.24. The monoisotopic (exact) mass is 439 g/mol. The van der Waals surface area contributed by atoms with E-state index in [1.165, 1.54) is 12.1 Å². The van der Waals surface area contributed by atoms with Gasteiger partial charge in [-0.1, -0.05) is 24.3 Å². The Morgan fingerprint density at radius 3 is 2.58 bits per heavy atom. The molecule has 1 atom stereocenters. The molecule has 166 valence electrons. The predicted octanol–water partition coefficient (Wildman–Crippen LogP) is 3.36. The highest BCUT2D eigenvalue weighted by Gasteiger charge is 2.44. The van der Waals surface area contributed by atoms with E-state index in [-0.39, 0.29) is 18.1 Å². The molecule has 0 aliphatic carbocycles. The fraction of sp³-hybridized carbons (Fsp3) is 0.308. The number of rotatable bonds is 6. The molecule has 33 heavy (non-hydrogen) atoms. The van der Waals surface area contributed by atoms with Gasteiger partial charge < -0.3 is 15.0 Å². The number of nitrogens with one attached hydrogen (secondary N) is 1. The van der Waals surface area contributed by atoms with Crippen LogP contribution in [-0.4, -0.2) is 47.7 Å². The summed E-state index contributed by atoms with van der Waals surface area (Å²) >= 11 is 0. The number of benzene rings is 2. The minimum Gasteiger partial charge on any atom is -0.373 e. The zero-order valence-electron chi connectivity index (χ0n) is 18.3. The number of aromatic nitrogens is 2. The number of nitriles is 1. The maximum Gasteiger partial charge on any atom is 0.252 e. The van der Waals surface area contributed by atoms with Gasteiger partial charge in [-0.2, -0.15) is 5.26 Å². The van der Waals surface area contributed by atoms with Crippen LogP contribution >= 0.6 is 0 Å². The molecule has 3 heterocycles. The number of carbonyl (C=O) groups is 1. The molecule has 7 nitrogen and oxygen atoms in total. The first-order valence-corrected chi connectivity index (χ1v) is 11.2. The summed E-state index contributed by atoms with van der Waals surface area (Å²) in [7, 11) is 0. The lowest BCUT2D eigenvalue weighted by molar-refractivity contribution is -0.130. The standard InChI is InChI=1S/C26H25N5O2/c27-12-14-29-25(32)21-5-3-20(4-6-21)23-9-13-28-24(30-23)17-19-1-7-22(8-2-19)31-15-10-26(18-31)11-16-33-26/h1-9,13H,10-11,14-18H2,(H,29,32)/t26-/m0/s1. The fourth-order valence-electron chi connectivity index (χ4n) is 4.44. The number of carbonyl (C=O) groups excluding carboxylic acids is 1. The summed E-state index contributed by atoms with van der Waals surface area (Å²) in [6, 6.07) is 19.6. The van der Waals surface area contributed by atoms with Crippen LogP contribution in [0.3, 0.4) is 0 Å². The Morgan fingerprint density at radius 2 is 1.91 bits per heavy atom. The molecule has 0 unspecified atom stereocenters. The number of ether oxygens (including phenoxy) is 1. The molecule has 1 amide bonds. The van der Waals surface area contributed by atoms with Crippen LogP contribution in [0.15, 0.2) is 60.8 Å². The van der Waals surface area contributed by atoms with Crippen LogP contribution in [0.25, 0.3) is 11.3 Å². The maximum absolute atomic E-state index is 12.0. The van der Waals surface area contributed by atoms with E-state index in [0.717, 1.165) is 48.8 Å². The van der Waals surface area contributed by atoms with Gasteiger partial charge in [0.1, 0.15) is 12.4 Å². The summed E-state index contributed by atoms with van der Waals surface area (Å²) in [4.78, 5) is 23.5. The van der Waals surface area contributed by atoms with Crippen LogP contribution in [0.2, 0.25) is 0 Å². The van der Waals surface area contributed by atoms with E-state index in [4.69, 9.17) is 15.0 Å². The molecule has 2 aliphatic heterocycles. The van der Waals surface area contributed by atoms with Crippen molar-refractivity contribution in [3.63, 3.8) is 0 Å². The minimum absolute atomic E-state index is 0.00986. The van der Waals surface area contributed by atoms with Gasteiger partial charge in [-0.3, -0.25) is 4.79 Å². The third-order valence-electron chi connectivity index (χ3n) is 6.42. The molecule has 2 aliphatic rings. The van der Waals surface area contributed by atoms with Gasteiger partial charge >= 0.3 is 0 Å². The van der Waals surface area contributed by atoms with E-state index in [0.29, 0.717) is 12.0 Å². The third-order valence-corrected chi connectivity index (χ3v) is 6.42. The Labute approximate surface area is 193 Å². The molecule has 3 aromatic rings. The minimum atomic E-state index is -0.265. The van der Waals surface area contributed by atoms with Crippen LogP contribution < -0.4 is 10.2 Å². The molecule has 1 aromatic heterocycles. The van der Waals surface area contributed by atoms with Crippen molar-refractivity contribution < 1.29 is 9.53 Å². The summed E-state index contributed by atoms with van der Waals surface area (Å²) in [5.41, 5.74) is 4.73. The van der Waals surface area contributed by atoms with Gasteiger partial charge in [0.25, 0.3) is 5.91 Å². The van der Waals surface area contributed by atoms with Crippen molar-refractivity contribution in [1.82, 2.24) is 15.3 Å². The lowest BCUT2D eigenvalue weighted by atomic mass is 9.94. The van der Waals surface area contributed by atoms with Gasteiger partial charge in [0.05, 0.1) is 24.0 Å². The summed E-state index contributed by atoms with van der Waals surface area (Å²) in [6.07, 6.45) is 4.70. The summed E-state index contributed by atoms with van der Waals surface area (Å²) in [5.74, 6) is 0.485. The largest absolute Gasteiger partial charge is 0.373 e. The second kappa shape index (κ2) is 9.00. The molecule has 0 radical (unpaired) electrons. The summed E-state index contributed by atoms with van der Waals surface area (Å²) in [5, 5.41) is 11.1. The number of hydrogen-bond acceptors (Lipinski definition) is 6. The molecule has 5 rings (SSSR count). The fourth-order valence-corrected chi connectivity index (χ4v) is 4.44. The van der Waals surface area contributed by atoms with Gasteiger partial charge in [-0.25, -0.2) is 9.97 Å². The van der Waals surface area contributed by atoms with E-state index in [2.05, 4.69) is 39.5 Å². The summed E-state index contributed by atoms with van der Waals surface area (Å²) in [6.45, 7) is 2.91. The van der Waals surface area contributed by atoms with Crippen LogP contribution in [0.4, 0.5) is 5.69 Å². The van der Waals surface area contributed by atoms with Crippen molar-refractivity contribution in [3.05, 3.63) is 77.7 Å². The molecule has 0 saturated carbocycles. The van der Waals surface area contributed by atoms with Crippen molar-refractivity contribution in [3.8, 4) is 17.3 Å². The van der Waals surface area contributed by atoms with E-state index in [9.17, 15) is 4.79 Å². The van der Waals surface area contributed by atoms with Crippen molar-refractivity contribution in [1.29, 1.82) is 5.26 Å². The highest BCUT2D eigenvalue weighted by Crippen LogP contribution is 2.37. The van der Waals surface area contributed by atoms with Crippen molar-refractivity contribution in [2.45, 2.75) is 24.9 Å². The van der Waals surface area contributed by atoms with Crippen molar-refractivity contribution in [2.75, 3.05) is 31.1 Å². The zero-order chi connectivity index (χ0) is 22.7. The average molecular weight is 440 g/mol. The molecule has 7 heteroatoms. The topological polar surface area (TPSA) is 91.1 Å². The normalized spacial score (nSPS) is 19.2. The molecule has 1 spiro atoms. The smallest absolute Gasteiger partial charge is 0.252 e. The van der Waals surface area contributed by atoms with Gasteiger partial charge in [-0.15, -0.1) is 0 Å². The number of amides is 1. The number of nitrogens with zero attached hydrogens (tertiary/aromatic N) is 4. The van der Waals surface area contributed by atoms with Gasteiger partial charge in [0.15, 0.2) is 0 Å². The molecular weight excluding hydrogens is 414 g/mol. The van der Waals surface area contributed by atoms with E-state index in [1.54, 1.807) is 18.3 Å². The predicted molar refractivity (Wildman–Crippen MR) is 125 cm³/mol. The van der Waals surface area contributed by atoms with E-state index < -0.39 is 0 Å². The zero-order valence-corrected chi connectivity index (χ0v) is 18.3. The Bertz CT molecular complexity index is 1180. The van der Waals surface area contributed by atoms with Gasteiger partial charge in [0, 0.05) is 48.9 Å². The van der Waals surface area contributed by atoms with E-state index in [1.807, 2.05) is 24.3 Å². The quantitative estimate of drug-likeness (QED) is 0.593. The first-order valence-electron chi connectivity index (χ1n) is 11.2. The lowest BCUT2D eigenvalue weighted by Crippen LogP contribution is -2.45. The molecule has 1 N–H and O–H groups in total. The second-order valence-electron chi connectivity index (χ2n) is 8.57. The highest BCUT2D eigenvalue weighted by atomic mass is 16.5. The Morgan fingerprint density at radius 1 is 1.12 bits per heavy atom. The number of anilines is 1. The second-order valence-corrected chi connectivity index (χ2v) is 8.57. The van der Waals surface area contributed by atoms with Gasteiger partial charge in [-0.05, 0) is 42.3 Å². The number of hydrogen-bond donors (Lipinski definition) is 1. The van der Waals surface area contributed by atoms with E-state index >= 15 is 0 Å². The average Bonchev–Trinajstić information content (AvgIpc) is 3.30. The molecule has 2 aromatic carbocycles. The molecule has 2 saturated heterocycles. The van der Waals surface area contributed by atoms with Crippen LogP contribution in [0, 0.1) is 11.3 Å². The van der Waals surface area contributed by atoms with Crippen LogP contribution in [-0.2, 0) is 11.2 Å². The molecule has 0 bridgehead atoms. The first-order chi connectivity index (χ1) is 16.1. The Hall–Kier alpha value is -3.76. The lowest BCUT2D eigenvalue weighted by Gasteiger charge is -2.38. The maximum atomic E-state index is 12.0. The highest BCUT2D eigenvalue weighted by molar-refractivity contribution is 5.94. The van der Waals surface area contributed by atoms with Gasteiger partial charge in [0.2, 0.25) is 0 Å².